The van der Waals surface area contributed by atoms with Crippen LogP contribution in [0.25, 0.3) is 0 Å². The van der Waals surface area contributed by atoms with Crippen LogP contribution in [0.3, 0.4) is 0 Å². The van der Waals surface area contributed by atoms with E-state index in [0.717, 1.165) is 19.0 Å². The van der Waals surface area contributed by atoms with Crippen LogP contribution in [0.5, 0.6) is 0 Å². The molecule has 1 aliphatic heterocycles. The number of nitrogens with one attached hydrogen (secondary N) is 1. The second-order valence-corrected chi connectivity index (χ2v) is 6.20. The normalized spacial score (nSPS) is 16.9. The molecule has 4 nitrogen and oxygen atoms in total. The Morgan fingerprint density at radius 1 is 1.43 bits per heavy atom. The first-order valence-electron chi connectivity index (χ1n) is 7.65. The number of carbonyl (C=O) groups excluding carboxylic acids is 1. The highest BCUT2D eigenvalue weighted by Crippen LogP contribution is 2.24. The molecule has 1 aromatic rings. The van der Waals surface area contributed by atoms with E-state index in [9.17, 15) is 4.79 Å². The number of nitrogen functional groups attached to an aromatic ring is 1. The standard InChI is InChI=1S/C16H24ClN3O/c1-2-3-12-6-8-20(9-7-12)11-16(21)19-15-5-4-13(18)10-14(15)17/h4-5,10,12H,2-3,6-9,11,18H2,1H3,(H,19,21). The minimum absolute atomic E-state index is 0.0180. The molecule has 1 amide bonds. The van der Waals surface area contributed by atoms with Crippen molar-refractivity contribution in [2.45, 2.75) is 32.6 Å². The highest BCUT2D eigenvalue weighted by molar-refractivity contribution is 6.34. The Morgan fingerprint density at radius 2 is 2.14 bits per heavy atom. The number of likely N-dealkylation sites (tertiary alicyclic amines) is 1. The van der Waals surface area contributed by atoms with Gasteiger partial charge in [0.05, 0.1) is 17.3 Å². The van der Waals surface area contributed by atoms with Gasteiger partial charge in [0, 0.05) is 5.69 Å². The van der Waals surface area contributed by atoms with Crippen molar-refractivity contribution in [2.75, 3.05) is 30.7 Å². The predicted octanol–water partition coefficient (Wildman–Crippen LogP) is 3.37. The maximum absolute atomic E-state index is 12.1. The van der Waals surface area contributed by atoms with E-state index in [2.05, 4.69) is 17.1 Å². The molecule has 0 saturated carbocycles. The Labute approximate surface area is 131 Å². The van der Waals surface area contributed by atoms with Crippen LogP contribution >= 0.6 is 11.6 Å². The van der Waals surface area contributed by atoms with Gasteiger partial charge in [-0.2, -0.15) is 0 Å². The number of carbonyl (C=O) groups is 1. The molecule has 1 aliphatic rings. The maximum Gasteiger partial charge on any atom is 0.238 e. The molecule has 1 aromatic carbocycles. The fourth-order valence-corrected chi connectivity index (χ4v) is 3.10. The Bertz CT molecular complexity index is 484. The Kier molecular flexibility index (Phi) is 5.88. The van der Waals surface area contributed by atoms with Gasteiger partial charge >= 0.3 is 0 Å². The number of rotatable bonds is 5. The van der Waals surface area contributed by atoms with Gasteiger partial charge in [-0.15, -0.1) is 0 Å². The van der Waals surface area contributed by atoms with Crippen LogP contribution in [0.15, 0.2) is 18.2 Å². The number of amides is 1. The number of nitrogens with two attached hydrogens (primary N) is 1. The largest absolute Gasteiger partial charge is 0.399 e. The van der Waals surface area contributed by atoms with Gasteiger partial charge in [0.2, 0.25) is 5.91 Å². The third-order valence-electron chi connectivity index (χ3n) is 4.04. The van der Waals surface area contributed by atoms with Crippen molar-refractivity contribution in [3.05, 3.63) is 23.2 Å². The van der Waals surface area contributed by atoms with Gasteiger partial charge in [-0.1, -0.05) is 31.4 Å². The van der Waals surface area contributed by atoms with Crippen molar-refractivity contribution in [3.63, 3.8) is 0 Å². The van der Waals surface area contributed by atoms with E-state index >= 15 is 0 Å². The average molecular weight is 310 g/mol. The van der Waals surface area contributed by atoms with Crippen LogP contribution in [0.2, 0.25) is 5.02 Å². The van der Waals surface area contributed by atoms with Crippen LogP contribution in [-0.2, 0) is 4.79 Å². The fourth-order valence-electron chi connectivity index (χ4n) is 2.87. The molecule has 0 atom stereocenters. The number of hydrogen-bond donors (Lipinski definition) is 2. The number of halogens is 1. The number of benzene rings is 1. The molecule has 0 aromatic heterocycles. The Hall–Kier alpha value is -1.26. The summed E-state index contributed by atoms with van der Waals surface area (Å²) in [5.74, 6) is 0.816. The average Bonchev–Trinajstić information content (AvgIpc) is 2.44. The lowest BCUT2D eigenvalue weighted by Crippen LogP contribution is -2.39. The first-order chi connectivity index (χ1) is 10.1. The molecule has 2 rings (SSSR count). The first-order valence-corrected chi connectivity index (χ1v) is 8.03. The first kappa shape index (κ1) is 16.1. The van der Waals surface area contributed by atoms with Crippen molar-refractivity contribution in [1.82, 2.24) is 4.90 Å². The quantitative estimate of drug-likeness (QED) is 0.820. The van der Waals surface area contributed by atoms with Crippen molar-refractivity contribution in [1.29, 1.82) is 0 Å². The Balaban J connectivity index is 1.80. The van der Waals surface area contributed by atoms with Crippen molar-refractivity contribution < 1.29 is 4.79 Å². The molecule has 1 heterocycles. The molecule has 3 N–H and O–H groups in total. The summed E-state index contributed by atoms with van der Waals surface area (Å²) in [6, 6.07) is 5.12. The van der Waals surface area contributed by atoms with E-state index in [1.165, 1.54) is 25.7 Å². The van der Waals surface area contributed by atoms with Crippen LogP contribution in [0.1, 0.15) is 32.6 Å². The summed E-state index contributed by atoms with van der Waals surface area (Å²) in [6.45, 7) is 4.68. The third kappa shape index (κ3) is 4.90. The summed E-state index contributed by atoms with van der Waals surface area (Å²) in [7, 11) is 0. The molecular weight excluding hydrogens is 286 g/mol. The summed E-state index contributed by atoms with van der Waals surface area (Å²) < 4.78 is 0. The zero-order chi connectivity index (χ0) is 15.2. The summed E-state index contributed by atoms with van der Waals surface area (Å²) in [5.41, 5.74) is 6.86. The molecule has 21 heavy (non-hydrogen) atoms. The molecular formula is C16H24ClN3O. The third-order valence-corrected chi connectivity index (χ3v) is 4.35. The van der Waals surface area contributed by atoms with E-state index in [1.807, 2.05) is 0 Å². The second kappa shape index (κ2) is 7.66. The summed E-state index contributed by atoms with van der Waals surface area (Å²) >= 11 is 6.06. The molecule has 0 unspecified atom stereocenters. The number of nitrogens with zero attached hydrogens (tertiary/aromatic N) is 1. The van der Waals surface area contributed by atoms with Gasteiger partial charge in [-0.3, -0.25) is 9.69 Å². The highest BCUT2D eigenvalue weighted by Gasteiger charge is 2.20. The van der Waals surface area contributed by atoms with Gasteiger partial charge in [0.1, 0.15) is 0 Å². The van der Waals surface area contributed by atoms with Crippen LogP contribution in [-0.4, -0.2) is 30.4 Å². The lowest BCUT2D eigenvalue weighted by molar-refractivity contribution is -0.117. The monoisotopic (exact) mass is 309 g/mol. The van der Waals surface area contributed by atoms with Crippen LogP contribution < -0.4 is 11.1 Å². The minimum Gasteiger partial charge on any atom is -0.399 e. The van der Waals surface area contributed by atoms with E-state index in [-0.39, 0.29) is 5.91 Å². The zero-order valence-corrected chi connectivity index (χ0v) is 13.3. The number of piperidine rings is 1. The number of hydrogen-bond acceptors (Lipinski definition) is 3. The fraction of sp³-hybridized carbons (Fsp3) is 0.562. The van der Waals surface area contributed by atoms with Gasteiger partial charge < -0.3 is 11.1 Å². The van der Waals surface area contributed by atoms with Gasteiger partial charge in [0.25, 0.3) is 0 Å². The van der Waals surface area contributed by atoms with Crippen LogP contribution in [0, 0.1) is 5.92 Å². The van der Waals surface area contributed by atoms with E-state index in [1.54, 1.807) is 18.2 Å². The summed E-state index contributed by atoms with van der Waals surface area (Å²) in [5, 5.41) is 3.33. The molecule has 0 aliphatic carbocycles. The van der Waals surface area contributed by atoms with E-state index in [0.29, 0.717) is 22.9 Å². The molecule has 5 heteroatoms. The smallest absolute Gasteiger partial charge is 0.238 e. The van der Waals surface area contributed by atoms with Gasteiger partial charge in [0.15, 0.2) is 0 Å². The van der Waals surface area contributed by atoms with Gasteiger partial charge in [-0.25, -0.2) is 0 Å². The zero-order valence-electron chi connectivity index (χ0n) is 12.6. The van der Waals surface area contributed by atoms with Crippen molar-refractivity contribution in [2.24, 2.45) is 5.92 Å². The lowest BCUT2D eigenvalue weighted by Gasteiger charge is -2.31. The molecule has 0 spiro atoms. The minimum atomic E-state index is -0.0180. The van der Waals surface area contributed by atoms with Crippen molar-refractivity contribution >= 4 is 28.9 Å². The lowest BCUT2D eigenvalue weighted by atomic mass is 9.92. The predicted molar refractivity (Wildman–Crippen MR) is 88.6 cm³/mol. The van der Waals surface area contributed by atoms with Crippen LogP contribution in [0.4, 0.5) is 11.4 Å². The van der Waals surface area contributed by atoms with E-state index < -0.39 is 0 Å². The maximum atomic E-state index is 12.1. The summed E-state index contributed by atoms with van der Waals surface area (Å²) in [4.78, 5) is 14.3. The molecule has 1 fully saturated rings. The number of anilines is 2. The second-order valence-electron chi connectivity index (χ2n) is 5.80. The summed E-state index contributed by atoms with van der Waals surface area (Å²) in [6.07, 6.45) is 4.95. The van der Waals surface area contributed by atoms with Crippen molar-refractivity contribution in [3.8, 4) is 0 Å². The Morgan fingerprint density at radius 3 is 2.76 bits per heavy atom. The topological polar surface area (TPSA) is 58.4 Å². The molecule has 116 valence electrons. The SMILES string of the molecule is CCCC1CCN(CC(=O)Nc2ccc(N)cc2Cl)CC1. The highest BCUT2D eigenvalue weighted by atomic mass is 35.5. The molecule has 0 radical (unpaired) electrons. The molecule has 1 saturated heterocycles. The molecule has 0 bridgehead atoms. The van der Waals surface area contributed by atoms with E-state index in [4.69, 9.17) is 17.3 Å². The van der Waals surface area contributed by atoms with Gasteiger partial charge in [-0.05, 0) is 50.0 Å².